The van der Waals surface area contributed by atoms with Gasteiger partial charge in [-0.2, -0.15) is 0 Å². The van der Waals surface area contributed by atoms with Crippen LogP contribution in [0, 0.1) is 6.92 Å². The molecule has 2 aromatic carbocycles. The van der Waals surface area contributed by atoms with Crippen molar-refractivity contribution in [3.63, 3.8) is 0 Å². The second-order valence-electron chi connectivity index (χ2n) is 5.68. The Labute approximate surface area is 144 Å². The van der Waals surface area contributed by atoms with Crippen molar-refractivity contribution in [1.29, 1.82) is 0 Å². The maximum absolute atomic E-state index is 11.9. The van der Waals surface area contributed by atoms with Gasteiger partial charge in [0.15, 0.2) is 11.5 Å². The third kappa shape index (κ3) is 4.00. The van der Waals surface area contributed by atoms with Gasteiger partial charge in [-0.15, -0.1) is 0 Å². The van der Waals surface area contributed by atoms with E-state index in [4.69, 9.17) is 9.47 Å². The third-order valence-electron chi connectivity index (χ3n) is 3.67. The van der Waals surface area contributed by atoms with E-state index in [-0.39, 0.29) is 30.7 Å². The number of hydrogen-bond acceptors (Lipinski definition) is 5. The van der Waals surface area contributed by atoms with Crippen LogP contribution in [-0.4, -0.2) is 36.2 Å². The van der Waals surface area contributed by atoms with Crippen molar-refractivity contribution in [3.05, 3.63) is 48.0 Å². The van der Waals surface area contributed by atoms with Gasteiger partial charge < -0.3 is 25.2 Å². The van der Waals surface area contributed by atoms with Crippen LogP contribution in [-0.2, 0) is 9.59 Å². The molecule has 1 unspecified atom stereocenters. The molecule has 0 aromatic heterocycles. The number of carbonyl (C=O) groups excluding carboxylic acids is 2. The lowest BCUT2D eigenvalue weighted by molar-refractivity contribution is -0.136. The number of anilines is 1. The van der Waals surface area contributed by atoms with Crippen molar-refractivity contribution in [2.24, 2.45) is 0 Å². The van der Waals surface area contributed by atoms with E-state index < -0.39 is 11.8 Å². The lowest BCUT2D eigenvalue weighted by atomic mass is 10.2. The summed E-state index contributed by atoms with van der Waals surface area (Å²) in [5, 5.41) is 14.6. The molecule has 0 saturated heterocycles. The Morgan fingerprint density at radius 3 is 2.68 bits per heavy atom. The van der Waals surface area contributed by atoms with Gasteiger partial charge in [0.05, 0.1) is 12.2 Å². The Bertz CT molecular complexity index is 806. The average molecular weight is 342 g/mol. The molecular weight excluding hydrogens is 324 g/mol. The normalized spacial score (nSPS) is 15.3. The van der Waals surface area contributed by atoms with Crippen LogP contribution in [0.3, 0.4) is 0 Å². The number of carbonyl (C=O) groups is 2. The van der Waals surface area contributed by atoms with Gasteiger partial charge in [-0.1, -0.05) is 18.2 Å². The van der Waals surface area contributed by atoms with Crippen molar-refractivity contribution in [2.75, 3.05) is 18.5 Å². The quantitative estimate of drug-likeness (QED) is 0.581. The summed E-state index contributed by atoms with van der Waals surface area (Å²) in [7, 11) is 0. The number of phenols is 1. The van der Waals surface area contributed by atoms with Gasteiger partial charge in [-0.3, -0.25) is 9.59 Å². The van der Waals surface area contributed by atoms with Gasteiger partial charge in [0.25, 0.3) is 0 Å². The van der Waals surface area contributed by atoms with E-state index in [1.165, 1.54) is 12.1 Å². The molecule has 2 amide bonds. The van der Waals surface area contributed by atoms with Crippen LogP contribution in [0.25, 0.3) is 0 Å². The van der Waals surface area contributed by atoms with Crippen LogP contribution >= 0.6 is 0 Å². The minimum atomic E-state index is -0.865. The monoisotopic (exact) mass is 342 g/mol. The van der Waals surface area contributed by atoms with Gasteiger partial charge in [0, 0.05) is 0 Å². The molecule has 0 fully saturated rings. The largest absolute Gasteiger partial charge is 0.506 e. The van der Waals surface area contributed by atoms with E-state index in [1.54, 1.807) is 18.2 Å². The highest BCUT2D eigenvalue weighted by molar-refractivity contribution is 6.39. The maximum atomic E-state index is 11.9. The van der Waals surface area contributed by atoms with Crippen LogP contribution < -0.4 is 20.1 Å². The van der Waals surface area contributed by atoms with E-state index in [9.17, 15) is 14.7 Å². The minimum absolute atomic E-state index is 0.0956. The molecular formula is C18H18N2O5. The summed E-state index contributed by atoms with van der Waals surface area (Å²) in [5.41, 5.74) is 1.02. The molecule has 0 spiro atoms. The summed E-state index contributed by atoms with van der Waals surface area (Å²) in [6.07, 6.45) is -0.389. The molecule has 2 aromatic rings. The second kappa shape index (κ2) is 7.12. The first-order valence-corrected chi connectivity index (χ1v) is 7.80. The molecule has 7 nitrogen and oxygen atoms in total. The Hall–Kier alpha value is -3.22. The fourth-order valence-corrected chi connectivity index (χ4v) is 2.38. The lowest BCUT2D eigenvalue weighted by Gasteiger charge is -2.26. The summed E-state index contributed by atoms with van der Waals surface area (Å²) < 4.78 is 11.2. The van der Waals surface area contributed by atoms with Gasteiger partial charge in [-0.05, 0) is 36.8 Å². The van der Waals surface area contributed by atoms with Gasteiger partial charge in [0.2, 0.25) is 0 Å². The van der Waals surface area contributed by atoms with Crippen LogP contribution in [0.4, 0.5) is 5.69 Å². The van der Waals surface area contributed by atoms with E-state index in [1.807, 2.05) is 19.1 Å². The highest BCUT2D eigenvalue weighted by Gasteiger charge is 2.23. The fourth-order valence-electron chi connectivity index (χ4n) is 2.38. The fraction of sp³-hybridized carbons (Fsp3) is 0.222. The van der Waals surface area contributed by atoms with Crippen molar-refractivity contribution >= 4 is 17.5 Å². The zero-order chi connectivity index (χ0) is 17.8. The molecule has 7 heteroatoms. The molecule has 1 aliphatic rings. The number of benzene rings is 2. The molecule has 0 bridgehead atoms. The maximum Gasteiger partial charge on any atom is 0.313 e. The zero-order valence-corrected chi connectivity index (χ0v) is 13.6. The number of aryl methyl sites for hydroxylation is 1. The topological polar surface area (TPSA) is 96.9 Å². The first-order valence-electron chi connectivity index (χ1n) is 7.80. The average Bonchev–Trinajstić information content (AvgIpc) is 2.61. The molecule has 130 valence electrons. The standard InChI is InChI=1S/C18H18N2O5/c1-11-6-7-13(14(21)8-11)20-18(23)17(22)19-9-12-10-24-15-4-2-3-5-16(15)25-12/h2-8,12,21H,9-10H2,1H3,(H,19,22)(H,20,23). The van der Waals surface area contributed by atoms with Crippen molar-refractivity contribution < 1.29 is 24.2 Å². The summed E-state index contributed by atoms with van der Waals surface area (Å²) in [6.45, 7) is 2.21. The molecule has 0 saturated carbocycles. The third-order valence-corrected chi connectivity index (χ3v) is 3.67. The Kier molecular flexibility index (Phi) is 4.74. The van der Waals surface area contributed by atoms with E-state index in [0.717, 1.165) is 5.56 Å². The van der Waals surface area contributed by atoms with Crippen LogP contribution in [0.15, 0.2) is 42.5 Å². The molecule has 3 rings (SSSR count). The summed E-state index contributed by atoms with van der Waals surface area (Å²) in [5.74, 6) is -0.528. The molecule has 0 radical (unpaired) electrons. The van der Waals surface area contributed by atoms with Gasteiger partial charge in [0.1, 0.15) is 18.5 Å². The number of para-hydroxylation sites is 2. The molecule has 1 heterocycles. The number of ether oxygens (including phenoxy) is 2. The molecule has 3 N–H and O–H groups in total. The lowest BCUT2D eigenvalue weighted by Crippen LogP contribution is -2.44. The summed E-state index contributed by atoms with van der Waals surface area (Å²) in [4.78, 5) is 23.8. The number of phenolic OH excluding ortho intramolecular Hbond substituents is 1. The number of rotatable bonds is 3. The van der Waals surface area contributed by atoms with Crippen molar-refractivity contribution in [2.45, 2.75) is 13.0 Å². The first-order chi connectivity index (χ1) is 12.0. The summed E-state index contributed by atoms with van der Waals surface area (Å²) >= 11 is 0. The van der Waals surface area contributed by atoms with E-state index in [0.29, 0.717) is 11.5 Å². The van der Waals surface area contributed by atoms with Gasteiger partial charge >= 0.3 is 11.8 Å². The Morgan fingerprint density at radius 2 is 1.92 bits per heavy atom. The molecule has 0 aliphatic carbocycles. The molecule has 1 atom stereocenters. The van der Waals surface area contributed by atoms with E-state index >= 15 is 0 Å². The number of nitrogens with one attached hydrogen (secondary N) is 2. The Balaban J connectivity index is 1.52. The van der Waals surface area contributed by atoms with Crippen LogP contribution in [0.1, 0.15) is 5.56 Å². The second-order valence-corrected chi connectivity index (χ2v) is 5.68. The number of amides is 2. The molecule has 1 aliphatic heterocycles. The Morgan fingerprint density at radius 1 is 1.16 bits per heavy atom. The molecule has 25 heavy (non-hydrogen) atoms. The first kappa shape index (κ1) is 16.6. The number of fused-ring (bicyclic) bond motifs is 1. The SMILES string of the molecule is Cc1ccc(NC(=O)C(=O)NCC2COc3ccccc3O2)c(O)c1. The van der Waals surface area contributed by atoms with Crippen LogP contribution in [0.2, 0.25) is 0 Å². The van der Waals surface area contributed by atoms with Crippen molar-refractivity contribution in [1.82, 2.24) is 5.32 Å². The predicted octanol–water partition coefficient (Wildman–Crippen LogP) is 1.60. The van der Waals surface area contributed by atoms with Crippen LogP contribution in [0.5, 0.6) is 17.2 Å². The zero-order valence-electron chi connectivity index (χ0n) is 13.6. The van der Waals surface area contributed by atoms with Crippen molar-refractivity contribution in [3.8, 4) is 17.2 Å². The summed E-state index contributed by atoms with van der Waals surface area (Å²) in [6, 6.07) is 12.0. The smallest absolute Gasteiger partial charge is 0.313 e. The van der Waals surface area contributed by atoms with E-state index in [2.05, 4.69) is 10.6 Å². The minimum Gasteiger partial charge on any atom is -0.506 e. The highest BCUT2D eigenvalue weighted by atomic mass is 16.6. The van der Waals surface area contributed by atoms with Gasteiger partial charge in [-0.25, -0.2) is 0 Å². The predicted molar refractivity (Wildman–Crippen MR) is 90.8 cm³/mol. The number of aromatic hydroxyl groups is 1. The highest BCUT2D eigenvalue weighted by Crippen LogP contribution is 2.30. The number of hydrogen-bond donors (Lipinski definition) is 3.